The van der Waals surface area contributed by atoms with Crippen LogP contribution in [0.2, 0.25) is 0 Å². The number of imidazole rings is 1. The van der Waals surface area contributed by atoms with Gasteiger partial charge in [-0.05, 0) is 44.4 Å². The Bertz CT molecular complexity index is 1240. The number of amides is 1. The number of likely N-dealkylation sites (N-methyl/N-ethyl adjacent to an activating group) is 1. The highest BCUT2D eigenvalue weighted by Crippen LogP contribution is 2.27. The topological polar surface area (TPSA) is 68.6 Å². The lowest BCUT2D eigenvalue weighted by atomic mass is 10.0. The number of rotatable bonds is 10. The molecule has 7 heteroatoms. The van der Waals surface area contributed by atoms with Crippen LogP contribution < -0.4 is 14.8 Å². The maximum Gasteiger partial charge on any atom is 0.240 e. The number of hydrogen-bond acceptors (Lipinski definition) is 5. The van der Waals surface area contributed by atoms with Gasteiger partial charge in [0.2, 0.25) is 5.91 Å². The summed E-state index contributed by atoms with van der Waals surface area (Å²) in [5, 5.41) is 3.09. The van der Waals surface area contributed by atoms with Crippen molar-refractivity contribution < 1.29 is 14.3 Å². The minimum Gasteiger partial charge on any atom is -0.496 e. The Labute approximate surface area is 199 Å². The van der Waals surface area contributed by atoms with Gasteiger partial charge in [-0.1, -0.05) is 48.5 Å². The number of nitrogens with one attached hydrogen (secondary N) is 1. The number of nitrogens with zero attached hydrogens (tertiary/aromatic N) is 3. The van der Waals surface area contributed by atoms with E-state index in [1.165, 1.54) is 0 Å². The third kappa shape index (κ3) is 5.38. The number of benzene rings is 3. The summed E-state index contributed by atoms with van der Waals surface area (Å²) < 4.78 is 13.4. The fourth-order valence-electron chi connectivity index (χ4n) is 4.00. The molecule has 1 heterocycles. The molecule has 0 bridgehead atoms. The molecule has 1 amide bonds. The van der Waals surface area contributed by atoms with Gasteiger partial charge in [0, 0.05) is 12.1 Å². The molecule has 0 fully saturated rings. The molecule has 0 aliphatic carbocycles. The molecular formula is C27H30N4O3. The fraction of sp³-hybridized carbons (Fsp3) is 0.259. The molecule has 1 aromatic heterocycles. The predicted molar refractivity (Wildman–Crippen MR) is 133 cm³/mol. The number of carbonyl (C=O) groups is 1. The minimum atomic E-state index is -0.0918. The van der Waals surface area contributed by atoms with Crippen molar-refractivity contribution in [2.45, 2.75) is 19.2 Å². The van der Waals surface area contributed by atoms with Gasteiger partial charge in [0.25, 0.3) is 0 Å². The number of ether oxygens (including phenoxy) is 2. The molecule has 1 N–H and O–H groups in total. The van der Waals surface area contributed by atoms with Crippen LogP contribution in [0.5, 0.6) is 11.5 Å². The van der Waals surface area contributed by atoms with Crippen molar-refractivity contribution in [3.8, 4) is 11.5 Å². The van der Waals surface area contributed by atoms with Crippen LogP contribution in [0.25, 0.3) is 11.0 Å². The lowest BCUT2D eigenvalue weighted by Gasteiger charge is -2.26. The van der Waals surface area contributed by atoms with Gasteiger partial charge >= 0.3 is 0 Å². The molecule has 1 atom stereocenters. The molecule has 0 radical (unpaired) electrons. The van der Waals surface area contributed by atoms with Crippen LogP contribution in [-0.4, -0.2) is 48.1 Å². The molecule has 4 rings (SSSR count). The summed E-state index contributed by atoms with van der Waals surface area (Å²) in [6, 6.07) is 25.3. The van der Waals surface area contributed by atoms with Crippen molar-refractivity contribution in [1.29, 1.82) is 0 Å². The largest absolute Gasteiger partial charge is 0.496 e. The molecule has 4 aromatic rings. The Morgan fingerprint density at radius 2 is 1.71 bits per heavy atom. The van der Waals surface area contributed by atoms with E-state index in [0.717, 1.165) is 28.1 Å². The van der Waals surface area contributed by atoms with Crippen molar-refractivity contribution >= 4 is 16.9 Å². The number of aromatic nitrogens is 2. The molecule has 3 aromatic carbocycles. The van der Waals surface area contributed by atoms with Crippen LogP contribution >= 0.6 is 0 Å². The summed E-state index contributed by atoms with van der Waals surface area (Å²) >= 11 is 0. The van der Waals surface area contributed by atoms with E-state index < -0.39 is 0 Å². The average Bonchev–Trinajstić information content (AvgIpc) is 3.20. The van der Waals surface area contributed by atoms with Crippen molar-refractivity contribution in [3.05, 3.63) is 90.3 Å². The van der Waals surface area contributed by atoms with E-state index >= 15 is 0 Å². The minimum absolute atomic E-state index is 0.0273. The highest BCUT2D eigenvalue weighted by atomic mass is 16.5. The summed E-state index contributed by atoms with van der Waals surface area (Å²) in [6.07, 6.45) is 0. The van der Waals surface area contributed by atoms with Gasteiger partial charge in [0.05, 0.1) is 24.2 Å². The molecule has 0 saturated heterocycles. The first-order valence-corrected chi connectivity index (χ1v) is 11.2. The molecule has 176 valence electrons. The van der Waals surface area contributed by atoms with Crippen LogP contribution in [0.1, 0.15) is 17.4 Å². The highest BCUT2D eigenvalue weighted by Gasteiger charge is 2.20. The number of carbonyl (C=O) groups excluding carboxylic acids is 1. The maximum absolute atomic E-state index is 13.0. The van der Waals surface area contributed by atoms with Crippen molar-refractivity contribution in [2.24, 2.45) is 0 Å². The number of hydrogen-bond donors (Lipinski definition) is 1. The average molecular weight is 459 g/mol. The van der Waals surface area contributed by atoms with Crippen LogP contribution in [0.3, 0.4) is 0 Å². The summed E-state index contributed by atoms with van der Waals surface area (Å²) in [5.41, 5.74) is 2.76. The molecule has 0 saturated carbocycles. The lowest BCUT2D eigenvalue weighted by Crippen LogP contribution is -2.36. The number of para-hydroxylation sites is 4. The van der Waals surface area contributed by atoms with E-state index in [1.54, 1.807) is 7.11 Å². The zero-order valence-corrected chi connectivity index (χ0v) is 19.8. The third-order valence-corrected chi connectivity index (χ3v) is 5.76. The van der Waals surface area contributed by atoms with Gasteiger partial charge in [-0.25, -0.2) is 4.98 Å². The quantitative estimate of drug-likeness (QED) is 0.388. The fourth-order valence-corrected chi connectivity index (χ4v) is 4.00. The Hall–Kier alpha value is -3.84. The van der Waals surface area contributed by atoms with Crippen LogP contribution in [0, 0.1) is 0 Å². The summed E-state index contributed by atoms with van der Waals surface area (Å²) in [5.74, 6) is 2.17. The van der Waals surface area contributed by atoms with E-state index in [1.807, 2.05) is 97.5 Å². The second-order valence-corrected chi connectivity index (χ2v) is 8.23. The Morgan fingerprint density at radius 3 is 2.47 bits per heavy atom. The summed E-state index contributed by atoms with van der Waals surface area (Å²) in [6.45, 7) is 0.877. The van der Waals surface area contributed by atoms with Gasteiger partial charge in [-0.15, -0.1) is 0 Å². The number of methoxy groups -OCH3 is 1. The van der Waals surface area contributed by atoms with E-state index in [4.69, 9.17) is 14.5 Å². The second-order valence-electron chi connectivity index (χ2n) is 8.23. The maximum atomic E-state index is 13.0. The smallest absolute Gasteiger partial charge is 0.240 e. The van der Waals surface area contributed by atoms with E-state index in [2.05, 4.69) is 10.2 Å². The monoisotopic (exact) mass is 458 g/mol. The predicted octanol–water partition coefficient (Wildman–Crippen LogP) is 4.04. The van der Waals surface area contributed by atoms with Crippen LogP contribution in [0.15, 0.2) is 78.9 Å². The molecule has 0 spiro atoms. The van der Waals surface area contributed by atoms with E-state index in [-0.39, 0.29) is 25.1 Å². The van der Waals surface area contributed by atoms with Crippen LogP contribution in [-0.2, 0) is 17.9 Å². The van der Waals surface area contributed by atoms with E-state index in [0.29, 0.717) is 12.4 Å². The summed E-state index contributed by atoms with van der Waals surface area (Å²) in [4.78, 5) is 19.8. The second kappa shape index (κ2) is 10.9. The van der Waals surface area contributed by atoms with Crippen LogP contribution in [0.4, 0.5) is 0 Å². The van der Waals surface area contributed by atoms with Gasteiger partial charge in [-0.3, -0.25) is 4.79 Å². The first-order chi connectivity index (χ1) is 16.6. The normalized spacial score (nSPS) is 12.0. The van der Waals surface area contributed by atoms with Crippen molar-refractivity contribution in [2.75, 3.05) is 27.7 Å². The van der Waals surface area contributed by atoms with Crippen molar-refractivity contribution in [3.63, 3.8) is 0 Å². The molecule has 34 heavy (non-hydrogen) atoms. The van der Waals surface area contributed by atoms with Gasteiger partial charge in [0.1, 0.15) is 30.5 Å². The van der Waals surface area contributed by atoms with Gasteiger partial charge < -0.3 is 24.3 Å². The van der Waals surface area contributed by atoms with Gasteiger partial charge in [-0.2, -0.15) is 0 Å². The lowest BCUT2D eigenvalue weighted by molar-refractivity contribution is -0.121. The first kappa shape index (κ1) is 23.3. The summed E-state index contributed by atoms with van der Waals surface area (Å²) in [7, 11) is 5.64. The Kier molecular flexibility index (Phi) is 7.44. The number of fused-ring (bicyclic) bond motifs is 1. The van der Waals surface area contributed by atoms with Crippen molar-refractivity contribution in [1.82, 2.24) is 19.8 Å². The first-order valence-electron chi connectivity index (χ1n) is 11.2. The SMILES string of the molecule is COc1ccccc1[C@H](CNC(=O)Cn1c(COc2ccccc2)nc2ccccc21)N(C)C. The molecular weight excluding hydrogens is 428 g/mol. The molecule has 0 unspecified atom stereocenters. The highest BCUT2D eigenvalue weighted by molar-refractivity contribution is 5.81. The van der Waals surface area contributed by atoms with Gasteiger partial charge in [0.15, 0.2) is 0 Å². The zero-order chi connectivity index (χ0) is 23.9. The third-order valence-electron chi connectivity index (χ3n) is 5.76. The zero-order valence-electron chi connectivity index (χ0n) is 19.8. The Balaban J connectivity index is 1.49. The molecule has 7 nitrogen and oxygen atoms in total. The standard InChI is InChI=1S/C27H30N4O3/c1-30(2)24(21-13-7-10-16-25(21)33-3)17-28-27(32)18-31-23-15-9-8-14-22(23)29-26(31)19-34-20-11-5-4-6-12-20/h4-16,24H,17-19H2,1-3H3,(H,28,32)/t24-/m0/s1. The molecule has 0 aliphatic heterocycles. The molecule has 0 aliphatic rings. The van der Waals surface area contributed by atoms with E-state index in [9.17, 15) is 4.79 Å². The Morgan fingerprint density at radius 1 is 1.00 bits per heavy atom.